The van der Waals surface area contributed by atoms with Gasteiger partial charge in [0, 0.05) is 30.0 Å². The van der Waals surface area contributed by atoms with Gasteiger partial charge in [0.25, 0.3) is 0 Å². The first-order valence-electron chi connectivity index (χ1n) is 6.79. The van der Waals surface area contributed by atoms with Crippen LogP contribution in [0.3, 0.4) is 0 Å². The SMILES string of the molecule is CCC1NC(c2ccc(C)s2)N(CCCOC)C1=O. The zero-order valence-corrected chi connectivity index (χ0v) is 12.6. The molecule has 1 saturated heterocycles. The van der Waals surface area contributed by atoms with Crippen molar-refractivity contribution in [3.05, 3.63) is 21.9 Å². The molecule has 0 bridgehead atoms. The van der Waals surface area contributed by atoms with E-state index >= 15 is 0 Å². The third-order valence-corrected chi connectivity index (χ3v) is 4.49. The normalized spacial score (nSPS) is 23.3. The van der Waals surface area contributed by atoms with Crippen LogP contribution in [0.5, 0.6) is 0 Å². The molecule has 1 aromatic heterocycles. The topological polar surface area (TPSA) is 41.6 Å². The molecule has 2 rings (SSSR count). The molecule has 5 heteroatoms. The van der Waals surface area contributed by atoms with Gasteiger partial charge in [-0.25, -0.2) is 0 Å². The second-order valence-corrected chi connectivity index (χ2v) is 6.18. The van der Waals surface area contributed by atoms with E-state index in [9.17, 15) is 4.79 Å². The highest BCUT2D eigenvalue weighted by atomic mass is 32.1. The molecule has 19 heavy (non-hydrogen) atoms. The van der Waals surface area contributed by atoms with E-state index in [1.54, 1.807) is 18.4 Å². The summed E-state index contributed by atoms with van der Waals surface area (Å²) in [6.07, 6.45) is 1.75. The summed E-state index contributed by atoms with van der Waals surface area (Å²) in [6, 6.07) is 4.18. The van der Waals surface area contributed by atoms with Gasteiger partial charge in [0.05, 0.1) is 6.04 Å². The second kappa shape index (κ2) is 6.50. The Hall–Kier alpha value is -0.910. The monoisotopic (exact) mass is 282 g/mol. The molecule has 1 aliphatic rings. The lowest BCUT2D eigenvalue weighted by Gasteiger charge is -2.23. The Labute approximate surface area is 118 Å². The quantitative estimate of drug-likeness (QED) is 0.814. The van der Waals surface area contributed by atoms with Crippen molar-refractivity contribution in [2.75, 3.05) is 20.3 Å². The van der Waals surface area contributed by atoms with E-state index in [2.05, 4.69) is 24.4 Å². The molecular weight excluding hydrogens is 260 g/mol. The van der Waals surface area contributed by atoms with Crippen LogP contribution in [-0.2, 0) is 9.53 Å². The lowest BCUT2D eigenvalue weighted by atomic mass is 10.2. The lowest BCUT2D eigenvalue weighted by Crippen LogP contribution is -2.32. The van der Waals surface area contributed by atoms with Crippen LogP contribution in [-0.4, -0.2) is 37.1 Å². The Morgan fingerprint density at radius 2 is 2.26 bits per heavy atom. The zero-order valence-electron chi connectivity index (χ0n) is 11.8. The molecule has 0 spiro atoms. The fraction of sp³-hybridized carbons (Fsp3) is 0.643. The molecule has 0 radical (unpaired) electrons. The number of methoxy groups -OCH3 is 1. The van der Waals surface area contributed by atoms with Crippen molar-refractivity contribution in [2.24, 2.45) is 0 Å². The Morgan fingerprint density at radius 3 is 2.84 bits per heavy atom. The van der Waals surface area contributed by atoms with Gasteiger partial charge in [-0.05, 0) is 31.9 Å². The highest BCUT2D eigenvalue weighted by molar-refractivity contribution is 7.12. The molecule has 1 aliphatic heterocycles. The van der Waals surface area contributed by atoms with Crippen LogP contribution in [0.1, 0.15) is 35.7 Å². The second-order valence-electron chi connectivity index (χ2n) is 4.86. The number of hydrogen-bond acceptors (Lipinski definition) is 4. The van der Waals surface area contributed by atoms with Crippen molar-refractivity contribution in [3.8, 4) is 0 Å². The standard InChI is InChI=1S/C14H22N2O2S/c1-4-11-14(17)16(8-5-9-18-3)13(15-11)12-7-6-10(2)19-12/h6-7,11,13,15H,4-5,8-9H2,1-3H3. The van der Waals surface area contributed by atoms with Gasteiger partial charge in [-0.2, -0.15) is 0 Å². The lowest BCUT2D eigenvalue weighted by molar-refractivity contribution is -0.130. The van der Waals surface area contributed by atoms with Gasteiger partial charge in [-0.15, -0.1) is 11.3 Å². The number of rotatable bonds is 6. The number of aryl methyl sites for hydroxylation is 1. The zero-order chi connectivity index (χ0) is 13.8. The maximum atomic E-state index is 12.3. The summed E-state index contributed by atoms with van der Waals surface area (Å²) in [5.74, 6) is 0.217. The van der Waals surface area contributed by atoms with E-state index in [1.807, 2.05) is 11.8 Å². The average Bonchev–Trinajstić information content (AvgIpc) is 2.95. The summed E-state index contributed by atoms with van der Waals surface area (Å²) in [5.41, 5.74) is 0. The molecule has 106 valence electrons. The van der Waals surface area contributed by atoms with Crippen LogP contribution in [0.4, 0.5) is 0 Å². The summed E-state index contributed by atoms with van der Waals surface area (Å²) < 4.78 is 5.08. The third kappa shape index (κ3) is 3.16. The summed E-state index contributed by atoms with van der Waals surface area (Å²) in [7, 11) is 1.69. The number of ether oxygens (including phenoxy) is 1. The molecule has 1 N–H and O–H groups in total. The van der Waals surface area contributed by atoms with Crippen molar-refractivity contribution >= 4 is 17.2 Å². The molecular formula is C14H22N2O2S. The average molecular weight is 282 g/mol. The van der Waals surface area contributed by atoms with Gasteiger partial charge in [0.15, 0.2) is 0 Å². The maximum Gasteiger partial charge on any atom is 0.241 e. The van der Waals surface area contributed by atoms with Crippen molar-refractivity contribution in [1.29, 1.82) is 0 Å². The summed E-state index contributed by atoms with van der Waals surface area (Å²) in [4.78, 5) is 16.8. The molecule has 2 heterocycles. The van der Waals surface area contributed by atoms with E-state index in [0.717, 1.165) is 19.4 Å². The van der Waals surface area contributed by atoms with Crippen LogP contribution < -0.4 is 5.32 Å². The molecule has 0 saturated carbocycles. The number of carbonyl (C=O) groups is 1. The van der Waals surface area contributed by atoms with Gasteiger partial charge in [-0.3, -0.25) is 10.1 Å². The highest BCUT2D eigenvalue weighted by Crippen LogP contribution is 2.31. The predicted molar refractivity (Wildman–Crippen MR) is 77.2 cm³/mol. The van der Waals surface area contributed by atoms with Crippen LogP contribution in [0.25, 0.3) is 0 Å². The molecule has 0 aromatic carbocycles. The third-order valence-electron chi connectivity index (χ3n) is 3.44. The van der Waals surface area contributed by atoms with Crippen molar-refractivity contribution in [1.82, 2.24) is 10.2 Å². The largest absolute Gasteiger partial charge is 0.385 e. The Bertz CT molecular complexity index is 433. The van der Waals surface area contributed by atoms with E-state index in [-0.39, 0.29) is 18.1 Å². The van der Waals surface area contributed by atoms with Crippen molar-refractivity contribution in [2.45, 2.75) is 38.9 Å². The molecule has 0 aliphatic carbocycles. The van der Waals surface area contributed by atoms with E-state index < -0.39 is 0 Å². The van der Waals surface area contributed by atoms with Gasteiger partial charge in [-0.1, -0.05) is 6.92 Å². The summed E-state index contributed by atoms with van der Waals surface area (Å²) in [5, 5.41) is 3.44. The Morgan fingerprint density at radius 1 is 1.47 bits per heavy atom. The minimum Gasteiger partial charge on any atom is -0.385 e. The minimum atomic E-state index is -0.0463. The van der Waals surface area contributed by atoms with Crippen LogP contribution in [0.2, 0.25) is 0 Å². The number of amides is 1. The summed E-state index contributed by atoms with van der Waals surface area (Å²) in [6.45, 7) is 5.58. The first kappa shape index (κ1) is 14.5. The summed E-state index contributed by atoms with van der Waals surface area (Å²) >= 11 is 1.75. The van der Waals surface area contributed by atoms with Gasteiger partial charge in [0.1, 0.15) is 6.17 Å². The van der Waals surface area contributed by atoms with Crippen molar-refractivity contribution in [3.63, 3.8) is 0 Å². The van der Waals surface area contributed by atoms with E-state index in [1.165, 1.54) is 9.75 Å². The Balaban J connectivity index is 2.12. The van der Waals surface area contributed by atoms with Crippen molar-refractivity contribution < 1.29 is 9.53 Å². The number of nitrogens with one attached hydrogen (secondary N) is 1. The fourth-order valence-corrected chi connectivity index (χ4v) is 3.38. The molecule has 2 unspecified atom stereocenters. The smallest absolute Gasteiger partial charge is 0.241 e. The van der Waals surface area contributed by atoms with Crippen LogP contribution >= 0.6 is 11.3 Å². The number of hydrogen-bond donors (Lipinski definition) is 1. The number of thiophene rings is 1. The van der Waals surface area contributed by atoms with Crippen LogP contribution in [0.15, 0.2) is 12.1 Å². The maximum absolute atomic E-state index is 12.3. The molecule has 4 nitrogen and oxygen atoms in total. The van der Waals surface area contributed by atoms with Crippen LogP contribution in [0, 0.1) is 6.92 Å². The van der Waals surface area contributed by atoms with Gasteiger partial charge >= 0.3 is 0 Å². The van der Waals surface area contributed by atoms with Gasteiger partial charge < -0.3 is 9.64 Å². The Kier molecular flexibility index (Phi) is 4.96. The number of carbonyl (C=O) groups excluding carboxylic acids is 1. The van der Waals surface area contributed by atoms with Gasteiger partial charge in [0.2, 0.25) is 5.91 Å². The predicted octanol–water partition coefficient (Wildman–Crippen LogP) is 2.30. The first-order valence-corrected chi connectivity index (χ1v) is 7.60. The first-order chi connectivity index (χ1) is 9.17. The highest BCUT2D eigenvalue weighted by Gasteiger charge is 2.38. The van der Waals surface area contributed by atoms with E-state index in [0.29, 0.717) is 6.61 Å². The number of nitrogens with zero attached hydrogens (tertiary/aromatic N) is 1. The molecule has 1 amide bonds. The molecule has 1 fully saturated rings. The molecule has 1 aromatic rings. The van der Waals surface area contributed by atoms with E-state index in [4.69, 9.17) is 4.74 Å². The fourth-order valence-electron chi connectivity index (χ4n) is 2.43. The molecule has 2 atom stereocenters. The minimum absolute atomic E-state index is 0.0352.